The van der Waals surface area contributed by atoms with Crippen LogP contribution in [0.15, 0.2) is 24.3 Å². The quantitative estimate of drug-likeness (QED) is 0.307. The zero-order valence-electron chi connectivity index (χ0n) is 11.0. The third-order valence-corrected chi connectivity index (χ3v) is 3.22. The first-order chi connectivity index (χ1) is 9.98. The molecule has 1 amide bonds. The fourth-order valence-electron chi connectivity index (χ4n) is 1.44. The number of carbonyl (C=O) groups excluding carboxylic acids is 1. The lowest BCUT2D eigenvalue weighted by Gasteiger charge is -2.23. The molecule has 0 saturated heterocycles. The predicted octanol–water partition coefficient (Wildman–Crippen LogP) is 4.18. The maximum absolute atomic E-state index is 12.6. The van der Waals surface area contributed by atoms with Crippen LogP contribution in [0.4, 0.5) is 32.0 Å². The molecule has 0 atom stereocenters. The number of hydrogen-bond donors (Lipinski definition) is 0. The summed E-state index contributed by atoms with van der Waals surface area (Å²) in [6.45, 7) is 1.10. The van der Waals surface area contributed by atoms with Gasteiger partial charge in [0, 0.05) is 6.54 Å². The molecule has 0 saturated carbocycles. The van der Waals surface area contributed by atoms with E-state index in [-0.39, 0.29) is 9.39 Å². The molecular formula is C12H9F6IN2O. The molecule has 0 aliphatic carbocycles. The summed E-state index contributed by atoms with van der Waals surface area (Å²) in [5.74, 6) is -2.18. The molecule has 0 bridgehead atoms. The van der Waals surface area contributed by atoms with Crippen LogP contribution in [-0.4, -0.2) is 23.6 Å². The number of rotatable bonds is 3. The van der Waals surface area contributed by atoms with E-state index in [1.54, 1.807) is 0 Å². The van der Waals surface area contributed by atoms with Crippen molar-refractivity contribution in [2.75, 3.05) is 11.4 Å². The Morgan fingerprint density at radius 3 is 2.27 bits per heavy atom. The highest BCUT2D eigenvalue weighted by Gasteiger charge is 2.43. The minimum absolute atomic E-state index is 0.328. The lowest BCUT2D eigenvalue weighted by molar-refractivity contribution is -0.170. The van der Waals surface area contributed by atoms with Crippen molar-refractivity contribution >= 4 is 34.2 Å². The number of alkyl halides is 6. The molecular weight excluding hydrogens is 429 g/mol. The van der Waals surface area contributed by atoms with Crippen molar-refractivity contribution in [2.24, 2.45) is 0 Å². The molecule has 0 aliphatic heterocycles. The van der Waals surface area contributed by atoms with Crippen LogP contribution in [0, 0.1) is 3.70 Å². The number of nitrogens with zero attached hydrogens (tertiary/aromatic N) is 2. The molecule has 1 aromatic rings. The summed E-state index contributed by atoms with van der Waals surface area (Å²) < 4.78 is 75.0. The fourth-order valence-corrected chi connectivity index (χ4v) is 2.17. The smallest absolute Gasteiger partial charge is 0.298 e. The summed E-state index contributed by atoms with van der Waals surface area (Å²) in [4.78, 5) is 15.0. The Labute approximate surface area is 135 Å². The van der Waals surface area contributed by atoms with Gasteiger partial charge in [0.05, 0.1) is 5.69 Å². The van der Waals surface area contributed by atoms with Crippen molar-refractivity contribution in [1.29, 1.82) is 0 Å². The number of hydrogen-bond acceptors (Lipinski definition) is 2. The van der Waals surface area contributed by atoms with Crippen LogP contribution >= 0.6 is 22.6 Å². The standard InChI is InChI=1S/C12H9F6IN2O/c1-2-3-6-21(10(22)12(16,17)18)7-4-5-8(11(13,14)15)20-9(7)19/h2-5H,6H2,1H3. The topological polar surface area (TPSA) is 33.2 Å². The van der Waals surface area contributed by atoms with Crippen LogP contribution in [0.2, 0.25) is 0 Å². The Kier molecular flexibility index (Phi) is 5.82. The monoisotopic (exact) mass is 438 g/mol. The maximum Gasteiger partial charge on any atom is 0.471 e. The lowest BCUT2D eigenvalue weighted by atomic mass is 10.3. The number of allylic oxidation sites excluding steroid dienone is 1. The van der Waals surface area contributed by atoms with Crippen molar-refractivity contribution in [3.05, 3.63) is 33.7 Å². The molecule has 1 aromatic heterocycles. The number of anilines is 1. The highest BCUT2D eigenvalue weighted by atomic mass is 127. The van der Waals surface area contributed by atoms with Gasteiger partial charge in [-0.2, -0.15) is 26.3 Å². The summed E-state index contributed by atoms with van der Waals surface area (Å²) in [6, 6.07) is 1.33. The molecule has 0 fully saturated rings. The van der Waals surface area contributed by atoms with Gasteiger partial charge >= 0.3 is 18.3 Å². The molecule has 0 aromatic carbocycles. The summed E-state index contributed by atoms with van der Waals surface area (Å²) in [5.41, 5.74) is -1.58. The van der Waals surface area contributed by atoms with Crippen molar-refractivity contribution < 1.29 is 31.1 Å². The number of amides is 1. The first-order valence-electron chi connectivity index (χ1n) is 5.72. The van der Waals surface area contributed by atoms with Crippen molar-refractivity contribution in [3.8, 4) is 0 Å². The first kappa shape index (κ1) is 18.7. The van der Waals surface area contributed by atoms with Crippen LogP contribution in [0.25, 0.3) is 0 Å². The Morgan fingerprint density at radius 2 is 1.86 bits per heavy atom. The second-order valence-corrected chi connectivity index (χ2v) is 5.01. The van der Waals surface area contributed by atoms with E-state index in [1.807, 2.05) is 0 Å². The van der Waals surface area contributed by atoms with Crippen molar-refractivity contribution in [1.82, 2.24) is 4.98 Å². The van der Waals surface area contributed by atoms with Crippen LogP contribution in [0.5, 0.6) is 0 Å². The van der Waals surface area contributed by atoms with E-state index in [4.69, 9.17) is 0 Å². The molecule has 10 heteroatoms. The van der Waals surface area contributed by atoms with Crippen LogP contribution in [0.3, 0.4) is 0 Å². The van der Waals surface area contributed by atoms with Gasteiger partial charge in [-0.05, 0) is 41.6 Å². The second kappa shape index (κ2) is 6.84. The Morgan fingerprint density at radius 1 is 1.27 bits per heavy atom. The highest BCUT2D eigenvalue weighted by Crippen LogP contribution is 2.32. The number of carbonyl (C=O) groups is 1. The Balaban J connectivity index is 3.29. The van der Waals surface area contributed by atoms with Gasteiger partial charge < -0.3 is 0 Å². The maximum atomic E-state index is 12.6. The van der Waals surface area contributed by atoms with Crippen LogP contribution in [0.1, 0.15) is 12.6 Å². The average Bonchev–Trinajstić information content (AvgIpc) is 2.38. The average molecular weight is 438 g/mol. The van der Waals surface area contributed by atoms with Crippen molar-refractivity contribution in [2.45, 2.75) is 19.3 Å². The largest absolute Gasteiger partial charge is 0.471 e. The summed E-state index contributed by atoms with van der Waals surface area (Å²) in [6.07, 6.45) is -7.17. The zero-order chi connectivity index (χ0) is 17.1. The fraction of sp³-hybridized carbons (Fsp3) is 0.333. The third-order valence-electron chi connectivity index (χ3n) is 2.42. The van der Waals surface area contributed by atoms with Crippen molar-refractivity contribution in [3.63, 3.8) is 0 Å². The number of pyridine rings is 1. The molecule has 0 radical (unpaired) electrons. The first-order valence-corrected chi connectivity index (χ1v) is 6.80. The summed E-state index contributed by atoms with van der Waals surface area (Å²) in [5, 5.41) is 0. The van der Waals surface area contributed by atoms with Gasteiger partial charge in [0.25, 0.3) is 0 Å². The lowest BCUT2D eigenvalue weighted by Crippen LogP contribution is -2.42. The molecule has 122 valence electrons. The van der Waals surface area contributed by atoms with E-state index < -0.39 is 30.5 Å². The zero-order valence-corrected chi connectivity index (χ0v) is 13.1. The van der Waals surface area contributed by atoms with Gasteiger partial charge in [-0.1, -0.05) is 12.2 Å². The minimum atomic E-state index is -5.15. The predicted molar refractivity (Wildman–Crippen MR) is 75.2 cm³/mol. The minimum Gasteiger partial charge on any atom is -0.298 e. The third kappa shape index (κ3) is 4.58. The molecule has 0 N–H and O–H groups in total. The molecule has 22 heavy (non-hydrogen) atoms. The Hall–Kier alpha value is -1.33. The van der Waals surface area contributed by atoms with Gasteiger partial charge in [-0.15, -0.1) is 0 Å². The SMILES string of the molecule is CC=CCN(C(=O)C(F)(F)F)c1ccc(C(F)(F)F)nc1I. The van der Waals surface area contributed by atoms with Gasteiger partial charge in [0.1, 0.15) is 9.39 Å². The van der Waals surface area contributed by atoms with E-state index in [0.717, 1.165) is 6.07 Å². The molecule has 0 spiro atoms. The molecule has 3 nitrogen and oxygen atoms in total. The second-order valence-electron chi connectivity index (χ2n) is 3.99. The van der Waals surface area contributed by atoms with Gasteiger partial charge in [0.15, 0.2) is 0 Å². The molecule has 0 aliphatic rings. The van der Waals surface area contributed by atoms with E-state index >= 15 is 0 Å². The summed E-state index contributed by atoms with van der Waals surface area (Å²) in [7, 11) is 0. The van der Waals surface area contributed by atoms with E-state index in [0.29, 0.717) is 11.0 Å². The summed E-state index contributed by atoms with van der Waals surface area (Å²) >= 11 is 1.36. The number of halogens is 7. The van der Waals surface area contributed by atoms with Gasteiger partial charge in [0.2, 0.25) is 0 Å². The van der Waals surface area contributed by atoms with Gasteiger partial charge in [-0.3, -0.25) is 9.69 Å². The van der Waals surface area contributed by atoms with E-state index in [1.165, 1.54) is 41.7 Å². The van der Waals surface area contributed by atoms with Gasteiger partial charge in [-0.25, -0.2) is 4.98 Å². The van der Waals surface area contributed by atoms with E-state index in [9.17, 15) is 31.1 Å². The molecule has 1 rings (SSSR count). The van der Waals surface area contributed by atoms with Crippen LogP contribution < -0.4 is 4.90 Å². The van der Waals surface area contributed by atoms with E-state index in [2.05, 4.69) is 4.98 Å². The normalized spacial score (nSPS) is 12.7. The highest BCUT2D eigenvalue weighted by molar-refractivity contribution is 14.1. The van der Waals surface area contributed by atoms with Crippen LogP contribution in [-0.2, 0) is 11.0 Å². The molecule has 0 unspecified atom stereocenters. The molecule has 1 heterocycles. The Bertz CT molecular complexity index is 582. The number of aromatic nitrogens is 1.